The summed E-state index contributed by atoms with van der Waals surface area (Å²) in [5.74, 6) is 1.43. The van der Waals surface area contributed by atoms with Gasteiger partial charge in [-0.1, -0.05) is 13.8 Å². The first-order valence-electron chi connectivity index (χ1n) is 4.95. The van der Waals surface area contributed by atoms with E-state index in [4.69, 9.17) is 10.5 Å². The molecule has 1 unspecified atom stereocenters. The molecule has 0 radical (unpaired) electrons. The number of nitrogens with two attached hydrogens (primary N) is 1. The summed E-state index contributed by atoms with van der Waals surface area (Å²) in [7, 11) is 0. The van der Waals surface area contributed by atoms with Gasteiger partial charge in [-0.25, -0.2) is 0 Å². The topological polar surface area (TPSA) is 47.3 Å². The number of hydrogen-bond donors (Lipinski definition) is 2. The second kappa shape index (κ2) is 3.40. The largest absolute Gasteiger partial charge is 0.489 e. The van der Waals surface area contributed by atoms with Crippen LogP contribution in [0.2, 0.25) is 0 Å². The van der Waals surface area contributed by atoms with E-state index in [0.29, 0.717) is 18.6 Å². The van der Waals surface area contributed by atoms with E-state index >= 15 is 0 Å². The molecule has 76 valence electrons. The molecule has 0 bridgehead atoms. The van der Waals surface area contributed by atoms with Crippen LogP contribution < -0.4 is 15.8 Å². The van der Waals surface area contributed by atoms with Crippen LogP contribution >= 0.6 is 0 Å². The van der Waals surface area contributed by atoms with Crippen molar-refractivity contribution < 1.29 is 4.74 Å². The maximum atomic E-state index is 5.67. The molecule has 1 atom stereocenters. The van der Waals surface area contributed by atoms with E-state index in [-0.39, 0.29) is 0 Å². The zero-order valence-electron chi connectivity index (χ0n) is 8.58. The SMILES string of the molecule is CC(C)C1COc2cc(N)ccc2N1. The van der Waals surface area contributed by atoms with Gasteiger partial charge >= 0.3 is 0 Å². The number of rotatable bonds is 1. The second-order valence-corrected chi connectivity index (χ2v) is 4.06. The molecule has 3 nitrogen and oxygen atoms in total. The lowest BCUT2D eigenvalue weighted by atomic mass is 10.0. The fourth-order valence-electron chi connectivity index (χ4n) is 1.56. The molecule has 0 fully saturated rings. The third kappa shape index (κ3) is 1.62. The maximum absolute atomic E-state index is 5.67. The Hall–Kier alpha value is -1.38. The highest BCUT2D eigenvalue weighted by atomic mass is 16.5. The number of anilines is 2. The quantitative estimate of drug-likeness (QED) is 0.670. The summed E-state index contributed by atoms with van der Waals surface area (Å²) < 4.78 is 5.64. The first-order chi connectivity index (χ1) is 6.66. The summed E-state index contributed by atoms with van der Waals surface area (Å²) in [6, 6.07) is 6.11. The highest BCUT2D eigenvalue weighted by Crippen LogP contribution is 2.31. The zero-order valence-corrected chi connectivity index (χ0v) is 8.58. The Morgan fingerprint density at radius 3 is 3.00 bits per heavy atom. The molecule has 3 N–H and O–H groups in total. The van der Waals surface area contributed by atoms with Gasteiger partial charge in [0.05, 0.1) is 11.7 Å². The van der Waals surface area contributed by atoms with Gasteiger partial charge in [-0.15, -0.1) is 0 Å². The Bertz CT molecular complexity index is 336. The zero-order chi connectivity index (χ0) is 10.1. The Morgan fingerprint density at radius 1 is 1.50 bits per heavy atom. The van der Waals surface area contributed by atoms with Crippen LogP contribution in [0, 0.1) is 5.92 Å². The smallest absolute Gasteiger partial charge is 0.144 e. The number of nitrogen functional groups attached to an aromatic ring is 1. The molecule has 1 aromatic carbocycles. The Labute approximate surface area is 84.3 Å². The molecule has 1 aromatic rings. The number of benzene rings is 1. The van der Waals surface area contributed by atoms with Crippen molar-refractivity contribution in [2.75, 3.05) is 17.7 Å². The van der Waals surface area contributed by atoms with Crippen molar-refractivity contribution in [2.45, 2.75) is 19.9 Å². The second-order valence-electron chi connectivity index (χ2n) is 4.06. The average Bonchev–Trinajstić information content (AvgIpc) is 2.16. The van der Waals surface area contributed by atoms with Crippen molar-refractivity contribution >= 4 is 11.4 Å². The van der Waals surface area contributed by atoms with Crippen LogP contribution in [0.25, 0.3) is 0 Å². The third-order valence-electron chi connectivity index (χ3n) is 2.57. The molecule has 0 aliphatic carbocycles. The van der Waals surface area contributed by atoms with Crippen LogP contribution in [-0.2, 0) is 0 Å². The molecule has 0 spiro atoms. The standard InChI is InChI=1S/C11H16N2O/c1-7(2)10-6-14-11-5-8(12)3-4-9(11)13-10/h3-5,7,10,13H,6,12H2,1-2H3. The molecule has 1 aliphatic rings. The van der Waals surface area contributed by atoms with Crippen molar-refractivity contribution in [3.05, 3.63) is 18.2 Å². The highest BCUT2D eigenvalue weighted by molar-refractivity contribution is 5.63. The lowest BCUT2D eigenvalue weighted by Crippen LogP contribution is -2.35. The molecule has 0 saturated heterocycles. The minimum Gasteiger partial charge on any atom is -0.489 e. The molecule has 2 rings (SSSR count). The fourth-order valence-corrected chi connectivity index (χ4v) is 1.56. The Balaban J connectivity index is 2.23. The van der Waals surface area contributed by atoms with Crippen LogP contribution in [0.15, 0.2) is 18.2 Å². The van der Waals surface area contributed by atoms with E-state index in [9.17, 15) is 0 Å². The predicted molar refractivity (Wildman–Crippen MR) is 58.6 cm³/mol. The van der Waals surface area contributed by atoms with Crippen LogP contribution in [0.4, 0.5) is 11.4 Å². The van der Waals surface area contributed by atoms with Crippen LogP contribution in [-0.4, -0.2) is 12.6 Å². The summed E-state index contributed by atoms with van der Waals surface area (Å²) in [6.45, 7) is 5.08. The monoisotopic (exact) mass is 192 g/mol. The van der Waals surface area contributed by atoms with E-state index in [0.717, 1.165) is 17.1 Å². The molecule has 1 heterocycles. The van der Waals surface area contributed by atoms with E-state index in [2.05, 4.69) is 19.2 Å². The van der Waals surface area contributed by atoms with Gasteiger partial charge in [-0.05, 0) is 18.1 Å². The van der Waals surface area contributed by atoms with Crippen LogP contribution in [0.3, 0.4) is 0 Å². The van der Waals surface area contributed by atoms with E-state index < -0.39 is 0 Å². The Morgan fingerprint density at radius 2 is 2.29 bits per heavy atom. The van der Waals surface area contributed by atoms with E-state index in [1.807, 2.05) is 18.2 Å². The lowest BCUT2D eigenvalue weighted by molar-refractivity contribution is 0.257. The van der Waals surface area contributed by atoms with Gasteiger partial charge < -0.3 is 15.8 Å². The van der Waals surface area contributed by atoms with Gasteiger partial charge in [0.25, 0.3) is 0 Å². The molecule has 0 amide bonds. The molecule has 14 heavy (non-hydrogen) atoms. The highest BCUT2D eigenvalue weighted by Gasteiger charge is 2.21. The molecule has 0 aromatic heterocycles. The normalized spacial score (nSPS) is 19.8. The van der Waals surface area contributed by atoms with Crippen molar-refractivity contribution in [1.82, 2.24) is 0 Å². The van der Waals surface area contributed by atoms with Crippen molar-refractivity contribution in [1.29, 1.82) is 0 Å². The maximum Gasteiger partial charge on any atom is 0.144 e. The van der Waals surface area contributed by atoms with Crippen molar-refractivity contribution in [3.63, 3.8) is 0 Å². The Kier molecular flexibility index (Phi) is 2.23. The minimum atomic E-state index is 0.395. The summed E-state index contributed by atoms with van der Waals surface area (Å²) in [5.41, 5.74) is 7.46. The summed E-state index contributed by atoms with van der Waals surface area (Å²) >= 11 is 0. The first kappa shape index (κ1) is 9.19. The van der Waals surface area contributed by atoms with Gasteiger partial charge in [0.1, 0.15) is 12.4 Å². The number of fused-ring (bicyclic) bond motifs is 1. The lowest BCUT2D eigenvalue weighted by Gasteiger charge is -2.30. The van der Waals surface area contributed by atoms with E-state index in [1.54, 1.807) is 0 Å². The van der Waals surface area contributed by atoms with Gasteiger partial charge in [0.15, 0.2) is 0 Å². The molecular weight excluding hydrogens is 176 g/mol. The van der Waals surface area contributed by atoms with Crippen molar-refractivity contribution in [3.8, 4) is 5.75 Å². The average molecular weight is 192 g/mol. The van der Waals surface area contributed by atoms with Crippen molar-refractivity contribution in [2.24, 2.45) is 5.92 Å². The van der Waals surface area contributed by atoms with Gasteiger partial charge in [-0.2, -0.15) is 0 Å². The molecule has 1 aliphatic heterocycles. The third-order valence-corrected chi connectivity index (χ3v) is 2.57. The number of hydrogen-bond acceptors (Lipinski definition) is 3. The number of nitrogens with one attached hydrogen (secondary N) is 1. The molecule has 0 saturated carbocycles. The van der Waals surface area contributed by atoms with Gasteiger partial charge in [0.2, 0.25) is 0 Å². The number of ether oxygens (including phenoxy) is 1. The minimum absolute atomic E-state index is 0.395. The molecule has 3 heteroatoms. The van der Waals surface area contributed by atoms with Crippen LogP contribution in [0.5, 0.6) is 5.75 Å². The van der Waals surface area contributed by atoms with E-state index in [1.165, 1.54) is 0 Å². The predicted octanol–water partition coefficient (Wildman–Crippen LogP) is 2.10. The first-order valence-corrected chi connectivity index (χ1v) is 4.95. The van der Waals surface area contributed by atoms with Crippen LogP contribution in [0.1, 0.15) is 13.8 Å². The summed E-state index contributed by atoms with van der Waals surface area (Å²) in [5, 5.41) is 3.44. The molecular formula is C11H16N2O. The van der Waals surface area contributed by atoms with Gasteiger partial charge in [-0.3, -0.25) is 0 Å². The summed E-state index contributed by atoms with van der Waals surface area (Å²) in [4.78, 5) is 0. The fraction of sp³-hybridized carbons (Fsp3) is 0.455. The summed E-state index contributed by atoms with van der Waals surface area (Å²) in [6.07, 6.45) is 0. The van der Waals surface area contributed by atoms with Gasteiger partial charge in [0, 0.05) is 11.8 Å².